The molecule has 1 aromatic heterocycles. The van der Waals surface area contributed by atoms with Gasteiger partial charge < -0.3 is 0 Å². The van der Waals surface area contributed by atoms with Gasteiger partial charge in [0.1, 0.15) is 0 Å². The summed E-state index contributed by atoms with van der Waals surface area (Å²) in [6.45, 7) is 2.22. The van der Waals surface area contributed by atoms with E-state index in [2.05, 4.69) is 18.4 Å². The summed E-state index contributed by atoms with van der Waals surface area (Å²) in [5, 5.41) is 0. The van der Waals surface area contributed by atoms with Gasteiger partial charge in [0.05, 0.1) is 6.04 Å². The first-order valence-electron chi connectivity index (χ1n) is 5.92. The Morgan fingerprint density at radius 1 is 1.53 bits per heavy atom. The van der Waals surface area contributed by atoms with Crippen LogP contribution in [0.25, 0.3) is 0 Å². The van der Waals surface area contributed by atoms with E-state index in [1.807, 2.05) is 11.3 Å². The molecule has 0 saturated carbocycles. The second-order valence-corrected chi connectivity index (χ2v) is 5.48. The number of nitrogens with two attached hydrogens (primary N) is 1. The second kappa shape index (κ2) is 5.10. The molecule has 0 bridgehead atoms. The van der Waals surface area contributed by atoms with Gasteiger partial charge in [0.25, 0.3) is 0 Å². The van der Waals surface area contributed by atoms with Crippen LogP contribution >= 0.6 is 11.3 Å². The highest BCUT2D eigenvalue weighted by atomic mass is 32.1. The summed E-state index contributed by atoms with van der Waals surface area (Å²) in [4.78, 5) is 3.04. The van der Waals surface area contributed by atoms with E-state index in [1.165, 1.54) is 37.0 Å². The molecule has 1 aliphatic rings. The minimum atomic E-state index is 0.376. The van der Waals surface area contributed by atoms with Crippen molar-refractivity contribution in [3.63, 3.8) is 0 Å². The Morgan fingerprint density at radius 2 is 2.40 bits per heavy atom. The molecule has 1 atom stereocenters. The van der Waals surface area contributed by atoms with Crippen LogP contribution in [0.1, 0.15) is 54.0 Å². The third-order valence-electron chi connectivity index (χ3n) is 3.16. The van der Waals surface area contributed by atoms with Crippen molar-refractivity contribution >= 4 is 11.3 Å². The van der Waals surface area contributed by atoms with Gasteiger partial charge in [-0.25, -0.2) is 0 Å². The zero-order valence-electron chi connectivity index (χ0n) is 9.38. The van der Waals surface area contributed by atoms with Crippen molar-refractivity contribution < 1.29 is 0 Å². The van der Waals surface area contributed by atoms with Crippen molar-refractivity contribution in [3.05, 3.63) is 21.4 Å². The third-order valence-corrected chi connectivity index (χ3v) is 4.51. The fraction of sp³-hybridized carbons (Fsp3) is 0.667. The summed E-state index contributed by atoms with van der Waals surface area (Å²) in [6, 6.07) is 2.74. The fourth-order valence-corrected chi connectivity index (χ4v) is 3.59. The quantitative estimate of drug-likeness (QED) is 0.596. The molecular formula is C12H20N2S. The van der Waals surface area contributed by atoms with E-state index in [1.54, 1.807) is 10.4 Å². The van der Waals surface area contributed by atoms with Crippen LogP contribution in [0.15, 0.2) is 6.07 Å². The largest absolute Gasteiger partial charge is 0.271 e. The molecule has 0 saturated heterocycles. The maximum atomic E-state index is 5.62. The van der Waals surface area contributed by atoms with Crippen LogP contribution in [-0.4, -0.2) is 0 Å². The van der Waals surface area contributed by atoms with Crippen molar-refractivity contribution in [2.75, 3.05) is 0 Å². The molecule has 1 aliphatic carbocycles. The smallest absolute Gasteiger partial charge is 0.0553 e. The van der Waals surface area contributed by atoms with Gasteiger partial charge in [-0.1, -0.05) is 19.8 Å². The zero-order valence-corrected chi connectivity index (χ0v) is 10.2. The Hall–Kier alpha value is -0.380. The highest BCUT2D eigenvalue weighted by Crippen LogP contribution is 2.34. The first kappa shape index (κ1) is 11.1. The molecule has 1 unspecified atom stereocenters. The monoisotopic (exact) mass is 224 g/mol. The lowest BCUT2D eigenvalue weighted by Gasteiger charge is -2.13. The Balaban J connectivity index is 2.06. The summed E-state index contributed by atoms with van der Waals surface area (Å²) in [5.41, 5.74) is 4.53. The topological polar surface area (TPSA) is 38.0 Å². The van der Waals surface area contributed by atoms with E-state index in [0.29, 0.717) is 6.04 Å². The average molecular weight is 224 g/mol. The van der Waals surface area contributed by atoms with Crippen LogP contribution in [0, 0.1) is 0 Å². The maximum Gasteiger partial charge on any atom is 0.0553 e. The molecule has 2 rings (SSSR count). The van der Waals surface area contributed by atoms with Crippen LogP contribution < -0.4 is 11.3 Å². The van der Waals surface area contributed by atoms with Gasteiger partial charge in [-0.2, -0.15) is 0 Å². The minimum absolute atomic E-state index is 0.376. The Labute approximate surface area is 95.8 Å². The normalized spacial score (nSPS) is 16.7. The van der Waals surface area contributed by atoms with E-state index in [4.69, 9.17) is 5.84 Å². The number of hydrazine groups is 1. The van der Waals surface area contributed by atoms with Crippen molar-refractivity contribution in [1.82, 2.24) is 5.43 Å². The third kappa shape index (κ3) is 2.41. The van der Waals surface area contributed by atoms with E-state index in [9.17, 15) is 0 Å². The standard InChI is InChI=1S/C12H20N2S/c1-2-3-6-10(14-13)12-8-9-5-4-7-11(9)15-12/h8,10,14H,2-7,13H2,1H3. The molecule has 0 aliphatic heterocycles. The molecule has 15 heavy (non-hydrogen) atoms. The van der Waals surface area contributed by atoms with Crippen LogP contribution in [0.5, 0.6) is 0 Å². The number of hydrogen-bond acceptors (Lipinski definition) is 3. The molecule has 0 aromatic carbocycles. The lowest BCUT2D eigenvalue weighted by molar-refractivity contribution is 0.502. The lowest BCUT2D eigenvalue weighted by Crippen LogP contribution is -2.27. The number of unbranched alkanes of at least 4 members (excludes halogenated alkanes) is 1. The van der Waals surface area contributed by atoms with Crippen LogP contribution in [0.2, 0.25) is 0 Å². The molecule has 84 valence electrons. The van der Waals surface area contributed by atoms with Gasteiger partial charge in [0.15, 0.2) is 0 Å². The van der Waals surface area contributed by atoms with E-state index >= 15 is 0 Å². The van der Waals surface area contributed by atoms with Crippen molar-refractivity contribution in [2.24, 2.45) is 5.84 Å². The number of hydrogen-bond donors (Lipinski definition) is 2. The van der Waals surface area contributed by atoms with E-state index in [0.717, 1.165) is 6.42 Å². The van der Waals surface area contributed by atoms with Crippen LogP contribution in [-0.2, 0) is 12.8 Å². The summed E-state index contributed by atoms with van der Waals surface area (Å²) in [6.07, 6.45) is 7.55. The Kier molecular flexibility index (Phi) is 3.78. The van der Waals surface area contributed by atoms with Crippen molar-refractivity contribution in [3.8, 4) is 0 Å². The Morgan fingerprint density at radius 3 is 3.07 bits per heavy atom. The number of nitrogens with one attached hydrogen (secondary N) is 1. The highest BCUT2D eigenvalue weighted by Gasteiger charge is 2.18. The highest BCUT2D eigenvalue weighted by molar-refractivity contribution is 7.12. The molecule has 0 amide bonds. The number of rotatable bonds is 5. The van der Waals surface area contributed by atoms with Crippen molar-refractivity contribution in [2.45, 2.75) is 51.5 Å². The number of thiophene rings is 1. The predicted octanol–water partition coefficient (Wildman–Crippen LogP) is 2.93. The maximum absolute atomic E-state index is 5.62. The first-order chi connectivity index (χ1) is 7.35. The molecular weight excluding hydrogens is 204 g/mol. The molecule has 1 heterocycles. The van der Waals surface area contributed by atoms with Crippen LogP contribution in [0.3, 0.4) is 0 Å². The molecule has 0 radical (unpaired) electrons. The average Bonchev–Trinajstić information content (AvgIpc) is 2.79. The van der Waals surface area contributed by atoms with Gasteiger partial charge in [-0.3, -0.25) is 11.3 Å². The lowest BCUT2D eigenvalue weighted by atomic mass is 10.1. The molecule has 1 aromatic rings. The van der Waals surface area contributed by atoms with E-state index in [-0.39, 0.29) is 0 Å². The summed E-state index contributed by atoms with van der Waals surface area (Å²) in [5.74, 6) is 5.62. The van der Waals surface area contributed by atoms with Gasteiger partial charge in [0, 0.05) is 9.75 Å². The zero-order chi connectivity index (χ0) is 10.7. The molecule has 0 fully saturated rings. The predicted molar refractivity (Wildman–Crippen MR) is 65.9 cm³/mol. The molecule has 3 N–H and O–H groups in total. The van der Waals surface area contributed by atoms with Crippen molar-refractivity contribution in [1.29, 1.82) is 0 Å². The summed E-state index contributed by atoms with van der Waals surface area (Å²) in [7, 11) is 0. The van der Waals surface area contributed by atoms with E-state index < -0.39 is 0 Å². The summed E-state index contributed by atoms with van der Waals surface area (Å²) >= 11 is 1.96. The fourth-order valence-electron chi connectivity index (χ4n) is 2.24. The summed E-state index contributed by atoms with van der Waals surface area (Å²) < 4.78 is 0. The van der Waals surface area contributed by atoms with Gasteiger partial charge >= 0.3 is 0 Å². The molecule has 0 spiro atoms. The number of fused-ring (bicyclic) bond motifs is 1. The van der Waals surface area contributed by atoms with Gasteiger partial charge in [0.2, 0.25) is 0 Å². The minimum Gasteiger partial charge on any atom is -0.271 e. The molecule has 3 heteroatoms. The van der Waals surface area contributed by atoms with Gasteiger partial charge in [-0.05, 0) is 37.3 Å². The second-order valence-electron chi connectivity index (χ2n) is 4.31. The SMILES string of the molecule is CCCCC(NN)c1cc2c(s1)CCC2. The number of aryl methyl sites for hydroxylation is 2. The Bertz CT molecular complexity index is 298. The van der Waals surface area contributed by atoms with Crippen LogP contribution in [0.4, 0.5) is 0 Å². The molecule has 2 nitrogen and oxygen atoms in total. The van der Waals surface area contributed by atoms with Gasteiger partial charge in [-0.15, -0.1) is 11.3 Å². The first-order valence-corrected chi connectivity index (χ1v) is 6.74.